The van der Waals surface area contributed by atoms with Crippen molar-refractivity contribution in [2.24, 2.45) is 5.92 Å². The number of nitrogens with one attached hydrogen (secondary N) is 1. The fourth-order valence-corrected chi connectivity index (χ4v) is 2.60. The summed E-state index contributed by atoms with van der Waals surface area (Å²) in [6.07, 6.45) is 5.82. The molecule has 1 aromatic carbocycles. The number of carbonyl (C=O) groups is 2. The minimum atomic E-state index is -0.0946. The lowest BCUT2D eigenvalue weighted by Gasteiger charge is -2.31. The molecule has 23 heavy (non-hydrogen) atoms. The second-order valence-corrected chi connectivity index (χ2v) is 6.01. The van der Waals surface area contributed by atoms with E-state index in [1.807, 2.05) is 30.3 Å². The molecule has 1 heterocycles. The van der Waals surface area contributed by atoms with Crippen LogP contribution in [0.5, 0.6) is 0 Å². The maximum absolute atomic E-state index is 12.1. The Morgan fingerprint density at radius 3 is 2.35 bits per heavy atom. The lowest BCUT2D eigenvalue weighted by atomic mass is 9.97. The van der Waals surface area contributed by atoms with E-state index in [1.54, 1.807) is 11.8 Å². The number of rotatable bonds is 4. The van der Waals surface area contributed by atoms with Crippen LogP contribution in [0.2, 0.25) is 0 Å². The van der Waals surface area contributed by atoms with E-state index in [9.17, 15) is 9.59 Å². The zero-order valence-corrected chi connectivity index (χ0v) is 14.7. The van der Waals surface area contributed by atoms with Crippen LogP contribution in [-0.2, 0) is 9.59 Å². The van der Waals surface area contributed by atoms with Crippen LogP contribution in [0, 0.1) is 5.92 Å². The van der Waals surface area contributed by atoms with E-state index >= 15 is 0 Å². The molecule has 0 aromatic heterocycles. The highest BCUT2D eigenvalue weighted by Crippen LogP contribution is 2.18. The van der Waals surface area contributed by atoms with E-state index in [2.05, 4.69) is 19.2 Å². The Kier molecular flexibility index (Phi) is 9.03. The number of benzene rings is 1. The van der Waals surface area contributed by atoms with Crippen molar-refractivity contribution >= 4 is 17.5 Å². The Bertz CT molecular complexity index is 472. The van der Waals surface area contributed by atoms with Gasteiger partial charge in [-0.15, -0.1) is 0 Å². The predicted molar refractivity (Wildman–Crippen MR) is 95.2 cm³/mol. The lowest BCUT2D eigenvalue weighted by molar-refractivity contribution is -0.132. The Hall–Kier alpha value is -1.84. The summed E-state index contributed by atoms with van der Waals surface area (Å²) in [6, 6.07) is 9.41. The fourth-order valence-electron chi connectivity index (χ4n) is 2.60. The third-order valence-electron chi connectivity index (χ3n) is 3.99. The summed E-state index contributed by atoms with van der Waals surface area (Å²) in [5, 5.41) is 2.89. The predicted octanol–water partition coefficient (Wildman–Crippen LogP) is 4.08. The van der Waals surface area contributed by atoms with Crippen LogP contribution >= 0.6 is 0 Å². The largest absolute Gasteiger partial charge is 0.342 e. The van der Waals surface area contributed by atoms with Gasteiger partial charge in [0.05, 0.1) is 5.92 Å². The second kappa shape index (κ2) is 10.8. The first-order valence-corrected chi connectivity index (χ1v) is 8.69. The van der Waals surface area contributed by atoms with Gasteiger partial charge in [0.15, 0.2) is 0 Å². The zero-order valence-electron chi connectivity index (χ0n) is 14.7. The summed E-state index contributed by atoms with van der Waals surface area (Å²) in [4.78, 5) is 25.2. The highest BCUT2D eigenvalue weighted by Gasteiger charge is 2.26. The quantitative estimate of drug-likeness (QED) is 0.909. The number of piperidine rings is 1. The highest BCUT2D eigenvalue weighted by molar-refractivity contribution is 5.93. The van der Waals surface area contributed by atoms with Gasteiger partial charge in [-0.2, -0.15) is 0 Å². The van der Waals surface area contributed by atoms with Gasteiger partial charge in [0.25, 0.3) is 0 Å². The average molecular weight is 318 g/mol. The monoisotopic (exact) mass is 318 g/mol. The fraction of sp³-hybridized carbons (Fsp3) is 0.579. The van der Waals surface area contributed by atoms with E-state index in [4.69, 9.17) is 0 Å². The molecule has 128 valence electrons. The van der Waals surface area contributed by atoms with E-state index < -0.39 is 0 Å². The summed E-state index contributed by atoms with van der Waals surface area (Å²) < 4.78 is 0. The van der Waals surface area contributed by atoms with Crippen LogP contribution in [-0.4, -0.2) is 29.8 Å². The van der Waals surface area contributed by atoms with Gasteiger partial charge in [0.2, 0.25) is 11.8 Å². The number of unbranched alkanes of at least 4 members (excludes halogenated alkanes) is 2. The van der Waals surface area contributed by atoms with Crippen molar-refractivity contribution in [3.8, 4) is 0 Å². The van der Waals surface area contributed by atoms with Crippen molar-refractivity contribution in [1.82, 2.24) is 4.90 Å². The van der Waals surface area contributed by atoms with E-state index in [-0.39, 0.29) is 17.7 Å². The molecule has 0 unspecified atom stereocenters. The van der Waals surface area contributed by atoms with Gasteiger partial charge in [-0.25, -0.2) is 0 Å². The van der Waals surface area contributed by atoms with Crippen molar-refractivity contribution < 1.29 is 9.59 Å². The first-order valence-electron chi connectivity index (χ1n) is 8.69. The Labute approximate surface area is 140 Å². The third-order valence-corrected chi connectivity index (χ3v) is 3.99. The minimum absolute atomic E-state index is 0.00662. The summed E-state index contributed by atoms with van der Waals surface area (Å²) in [5.41, 5.74) is 0.808. The van der Waals surface area contributed by atoms with Crippen molar-refractivity contribution in [2.45, 2.75) is 52.9 Å². The van der Waals surface area contributed by atoms with Gasteiger partial charge in [0, 0.05) is 25.7 Å². The Morgan fingerprint density at radius 2 is 1.83 bits per heavy atom. The van der Waals surface area contributed by atoms with Gasteiger partial charge in [-0.1, -0.05) is 51.3 Å². The first kappa shape index (κ1) is 19.2. The van der Waals surface area contributed by atoms with E-state index in [0.717, 1.165) is 25.1 Å². The lowest BCUT2D eigenvalue weighted by Crippen LogP contribution is -2.42. The Balaban J connectivity index is 0.000000463. The second-order valence-electron chi connectivity index (χ2n) is 6.01. The van der Waals surface area contributed by atoms with Crippen LogP contribution < -0.4 is 5.32 Å². The summed E-state index contributed by atoms with van der Waals surface area (Å²) in [6.45, 7) is 7.28. The van der Waals surface area contributed by atoms with Gasteiger partial charge >= 0.3 is 0 Å². The molecule has 1 atom stereocenters. The zero-order chi connectivity index (χ0) is 17.1. The normalized spacial score (nSPS) is 17.0. The average Bonchev–Trinajstić information content (AvgIpc) is 2.57. The summed E-state index contributed by atoms with van der Waals surface area (Å²) >= 11 is 0. The number of hydrogen-bond acceptors (Lipinski definition) is 2. The molecule has 4 nitrogen and oxygen atoms in total. The molecule has 0 bridgehead atoms. The first-order chi connectivity index (χ1) is 11.1. The summed E-state index contributed by atoms with van der Waals surface area (Å²) in [7, 11) is 0. The molecule has 4 heteroatoms. The number of nitrogens with zero attached hydrogens (tertiary/aromatic N) is 1. The minimum Gasteiger partial charge on any atom is -0.342 e. The molecule has 1 saturated heterocycles. The molecular formula is C19H30N2O2. The molecule has 0 saturated carbocycles. The smallest absolute Gasteiger partial charge is 0.229 e. The van der Waals surface area contributed by atoms with Crippen LogP contribution in [0.15, 0.2) is 30.3 Å². The van der Waals surface area contributed by atoms with Crippen molar-refractivity contribution in [2.75, 3.05) is 18.4 Å². The van der Waals surface area contributed by atoms with E-state index in [0.29, 0.717) is 6.54 Å². The number of carbonyl (C=O) groups excluding carboxylic acids is 2. The number of likely N-dealkylation sites (tertiary alicyclic amines) is 1. The molecule has 1 N–H and O–H groups in total. The van der Waals surface area contributed by atoms with Gasteiger partial charge < -0.3 is 10.2 Å². The molecule has 0 spiro atoms. The summed E-state index contributed by atoms with van der Waals surface area (Å²) in [5.74, 6) is -0.0396. The molecule has 0 aliphatic carbocycles. The number of para-hydroxylation sites is 1. The number of hydrogen-bond donors (Lipinski definition) is 1. The van der Waals surface area contributed by atoms with Crippen molar-refractivity contribution in [1.29, 1.82) is 0 Å². The van der Waals surface area contributed by atoms with Crippen molar-refractivity contribution in [3.63, 3.8) is 0 Å². The number of anilines is 1. The standard InChI is InChI=1S/C14H18N2O2.C5H12/c1-11(17)16-9-5-6-12(10-16)14(18)15-13-7-3-2-4-8-13;1-3-5-4-2/h2-4,7-8,12H,5-6,9-10H2,1H3,(H,15,18);3-5H2,1-2H3/t12-;/m1./s1. The molecule has 1 fully saturated rings. The molecule has 1 aliphatic heterocycles. The Morgan fingerprint density at radius 1 is 1.17 bits per heavy atom. The molecule has 2 amide bonds. The maximum Gasteiger partial charge on any atom is 0.229 e. The van der Waals surface area contributed by atoms with Crippen molar-refractivity contribution in [3.05, 3.63) is 30.3 Å². The molecule has 1 aliphatic rings. The third kappa shape index (κ3) is 7.31. The van der Waals surface area contributed by atoms with Crippen LogP contribution in [0.25, 0.3) is 0 Å². The number of amides is 2. The highest BCUT2D eigenvalue weighted by atomic mass is 16.2. The molecular weight excluding hydrogens is 288 g/mol. The van der Waals surface area contributed by atoms with E-state index in [1.165, 1.54) is 19.3 Å². The maximum atomic E-state index is 12.1. The van der Waals surface area contributed by atoms with Gasteiger partial charge in [-0.3, -0.25) is 9.59 Å². The SMILES string of the molecule is CC(=O)N1CCC[C@@H](C(=O)Nc2ccccc2)C1.CCCCC. The molecule has 2 rings (SSSR count). The molecule has 0 radical (unpaired) electrons. The van der Waals surface area contributed by atoms with Crippen LogP contribution in [0.4, 0.5) is 5.69 Å². The van der Waals surface area contributed by atoms with Gasteiger partial charge in [0.1, 0.15) is 0 Å². The van der Waals surface area contributed by atoms with Crippen LogP contribution in [0.1, 0.15) is 52.9 Å². The molecule has 1 aromatic rings. The van der Waals surface area contributed by atoms with Gasteiger partial charge in [-0.05, 0) is 25.0 Å². The topological polar surface area (TPSA) is 49.4 Å². The van der Waals surface area contributed by atoms with Crippen LogP contribution in [0.3, 0.4) is 0 Å².